The maximum atomic E-state index is 11.9. The Morgan fingerprint density at radius 1 is 1.28 bits per heavy atom. The second-order valence-corrected chi connectivity index (χ2v) is 5.38. The molecule has 0 saturated carbocycles. The molecular weight excluding hydrogens is 226 g/mol. The normalized spacial score (nSPS) is 19.7. The number of likely N-dealkylation sites (tertiary alicyclic amines) is 1. The zero-order chi connectivity index (χ0) is 13.0. The van der Waals surface area contributed by atoms with E-state index < -0.39 is 5.60 Å². The van der Waals surface area contributed by atoms with Gasteiger partial charge in [0.1, 0.15) is 0 Å². The van der Waals surface area contributed by atoms with Crippen molar-refractivity contribution < 1.29 is 9.90 Å². The van der Waals surface area contributed by atoms with Crippen LogP contribution < -0.4 is 0 Å². The molecule has 1 heterocycles. The summed E-state index contributed by atoms with van der Waals surface area (Å²) >= 11 is 0. The van der Waals surface area contributed by atoms with Gasteiger partial charge in [-0.2, -0.15) is 0 Å². The molecule has 0 aromatic heterocycles. The van der Waals surface area contributed by atoms with Crippen LogP contribution in [0.4, 0.5) is 0 Å². The molecule has 0 radical (unpaired) electrons. The quantitative estimate of drug-likeness (QED) is 0.828. The van der Waals surface area contributed by atoms with E-state index in [1.807, 2.05) is 37.3 Å². The first-order valence-corrected chi connectivity index (χ1v) is 6.60. The Balaban J connectivity index is 1.78. The number of aliphatic hydroxyl groups is 1. The molecular formula is C15H21NO2. The number of hydrogen-bond acceptors (Lipinski definition) is 3. The minimum atomic E-state index is -0.514. The first-order valence-electron chi connectivity index (χ1n) is 6.60. The number of benzene rings is 1. The van der Waals surface area contributed by atoms with Crippen molar-refractivity contribution in [3.63, 3.8) is 0 Å². The van der Waals surface area contributed by atoms with Crippen molar-refractivity contribution in [2.24, 2.45) is 0 Å². The molecule has 1 aliphatic rings. The van der Waals surface area contributed by atoms with Crippen molar-refractivity contribution in [1.82, 2.24) is 4.90 Å². The zero-order valence-corrected chi connectivity index (χ0v) is 10.9. The summed E-state index contributed by atoms with van der Waals surface area (Å²) in [6.07, 6.45) is 2.16. The summed E-state index contributed by atoms with van der Waals surface area (Å²) in [4.78, 5) is 14.2. The smallest absolute Gasteiger partial charge is 0.164 e. The molecule has 2 rings (SSSR count). The molecule has 1 aliphatic heterocycles. The van der Waals surface area contributed by atoms with E-state index in [4.69, 9.17) is 0 Å². The largest absolute Gasteiger partial charge is 0.390 e. The van der Waals surface area contributed by atoms with Gasteiger partial charge < -0.3 is 10.0 Å². The molecule has 3 nitrogen and oxygen atoms in total. The second kappa shape index (κ2) is 5.63. The van der Waals surface area contributed by atoms with Crippen LogP contribution in [0, 0.1) is 0 Å². The van der Waals surface area contributed by atoms with Gasteiger partial charge in [0.05, 0.1) is 5.60 Å². The average Bonchev–Trinajstić information content (AvgIpc) is 2.38. The molecule has 1 saturated heterocycles. The predicted molar refractivity (Wildman–Crippen MR) is 71.7 cm³/mol. The lowest BCUT2D eigenvalue weighted by molar-refractivity contribution is -0.00506. The molecule has 0 atom stereocenters. The second-order valence-electron chi connectivity index (χ2n) is 5.38. The third kappa shape index (κ3) is 3.65. The Hall–Kier alpha value is -1.19. The van der Waals surface area contributed by atoms with Gasteiger partial charge >= 0.3 is 0 Å². The van der Waals surface area contributed by atoms with Crippen LogP contribution in [0.2, 0.25) is 0 Å². The van der Waals surface area contributed by atoms with Crippen molar-refractivity contribution in [2.45, 2.75) is 31.8 Å². The van der Waals surface area contributed by atoms with E-state index in [2.05, 4.69) is 4.90 Å². The van der Waals surface area contributed by atoms with E-state index in [1.54, 1.807) is 0 Å². The van der Waals surface area contributed by atoms with Crippen molar-refractivity contribution in [3.8, 4) is 0 Å². The third-order valence-electron chi connectivity index (χ3n) is 3.68. The van der Waals surface area contributed by atoms with Crippen LogP contribution in [0.3, 0.4) is 0 Å². The van der Waals surface area contributed by atoms with Crippen LogP contribution >= 0.6 is 0 Å². The van der Waals surface area contributed by atoms with Crippen LogP contribution in [0.25, 0.3) is 0 Å². The Kier molecular flexibility index (Phi) is 4.15. The lowest BCUT2D eigenvalue weighted by Crippen LogP contribution is -2.43. The molecule has 1 N–H and O–H groups in total. The minimum Gasteiger partial charge on any atom is -0.390 e. The molecule has 1 fully saturated rings. The van der Waals surface area contributed by atoms with E-state index in [1.165, 1.54) is 0 Å². The van der Waals surface area contributed by atoms with Crippen LogP contribution in [-0.2, 0) is 0 Å². The summed E-state index contributed by atoms with van der Waals surface area (Å²) in [6, 6.07) is 9.44. The van der Waals surface area contributed by atoms with E-state index >= 15 is 0 Å². The van der Waals surface area contributed by atoms with Crippen LogP contribution in [0.15, 0.2) is 30.3 Å². The van der Waals surface area contributed by atoms with Gasteiger partial charge in [0, 0.05) is 31.6 Å². The van der Waals surface area contributed by atoms with Crippen molar-refractivity contribution >= 4 is 5.78 Å². The monoisotopic (exact) mass is 247 g/mol. The molecule has 3 heteroatoms. The van der Waals surface area contributed by atoms with Crippen molar-refractivity contribution in [1.29, 1.82) is 0 Å². The van der Waals surface area contributed by atoms with Gasteiger partial charge in [-0.3, -0.25) is 4.79 Å². The number of hydrogen-bond donors (Lipinski definition) is 1. The summed E-state index contributed by atoms with van der Waals surface area (Å²) in [5, 5.41) is 9.85. The lowest BCUT2D eigenvalue weighted by Gasteiger charge is -2.35. The van der Waals surface area contributed by atoms with Gasteiger partial charge in [-0.15, -0.1) is 0 Å². The lowest BCUT2D eigenvalue weighted by atomic mass is 9.93. The Bertz CT molecular complexity index is 390. The van der Waals surface area contributed by atoms with Crippen LogP contribution in [0.5, 0.6) is 0 Å². The molecule has 0 aliphatic carbocycles. The highest BCUT2D eigenvalue weighted by Gasteiger charge is 2.27. The molecule has 18 heavy (non-hydrogen) atoms. The molecule has 0 amide bonds. The standard InChI is InChI=1S/C15H21NO2/c1-15(18)8-11-16(12-9-15)10-7-14(17)13-5-3-2-4-6-13/h2-6,18H,7-12H2,1H3. The number of Topliss-reactive ketones (excluding diaryl/α,β-unsaturated/α-hetero) is 1. The Morgan fingerprint density at radius 2 is 1.89 bits per heavy atom. The van der Waals surface area contributed by atoms with Gasteiger partial charge in [-0.1, -0.05) is 30.3 Å². The number of piperidine rings is 1. The van der Waals surface area contributed by atoms with E-state index in [-0.39, 0.29) is 5.78 Å². The molecule has 1 aromatic carbocycles. The zero-order valence-electron chi connectivity index (χ0n) is 10.9. The number of ketones is 1. The number of carbonyl (C=O) groups is 1. The van der Waals surface area contributed by atoms with Gasteiger partial charge in [0.25, 0.3) is 0 Å². The third-order valence-corrected chi connectivity index (χ3v) is 3.68. The van der Waals surface area contributed by atoms with Gasteiger partial charge in [0.15, 0.2) is 5.78 Å². The predicted octanol–water partition coefficient (Wildman–Crippen LogP) is 2.11. The Labute approximate surface area is 108 Å². The molecule has 1 aromatic rings. The fourth-order valence-corrected chi connectivity index (χ4v) is 2.29. The van der Waals surface area contributed by atoms with Gasteiger partial charge in [-0.05, 0) is 19.8 Å². The highest BCUT2D eigenvalue weighted by molar-refractivity contribution is 5.96. The fraction of sp³-hybridized carbons (Fsp3) is 0.533. The maximum absolute atomic E-state index is 11.9. The summed E-state index contributed by atoms with van der Waals surface area (Å²) in [5.74, 6) is 0.202. The number of nitrogens with zero attached hydrogens (tertiary/aromatic N) is 1. The maximum Gasteiger partial charge on any atom is 0.164 e. The van der Waals surface area contributed by atoms with E-state index in [9.17, 15) is 9.90 Å². The van der Waals surface area contributed by atoms with Crippen LogP contribution in [0.1, 0.15) is 36.5 Å². The number of carbonyl (C=O) groups excluding carboxylic acids is 1. The molecule has 0 bridgehead atoms. The first kappa shape index (κ1) is 13.2. The van der Waals surface area contributed by atoms with Gasteiger partial charge in [-0.25, -0.2) is 0 Å². The highest BCUT2D eigenvalue weighted by atomic mass is 16.3. The average molecular weight is 247 g/mol. The van der Waals surface area contributed by atoms with E-state index in [0.29, 0.717) is 6.42 Å². The first-order chi connectivity index (χ1) is 8.57. The summed E-state index contributed by atoms with van der Waals surface area (Å²) in [7, 11) is 0. The fourth-order valence-electron chi connectivity index (χ4n) is 2.29. The van der Waals surface area contributed by atoms with Crippen molar-refractivity contribution in [3.05, 3.63) is 35.9 Å². The molecule has 0 spiro atoms. The SMILES string of the molecule is CC1(O)CCN(CCC(=O)c2ccccc2)CC1. The summed E-state index contributed by atoms with van der Waals surface area (Å²) in [6.45, 7) is 4.45. The molecule has 98 valence electrons. The number of rotatable bonds is 4. The molecule has 0 unspecified atom stereocenters. The van der Waals surface area contributed by atoms with E-state index in [0.717, 1.165) is 38.0 Å². The summed E-state index contributed by atoms with van der Waals surface area (Å²) in [5.41, 5.74) is 0.279. The highest BCUT2D eigenvalue weighted by Crippen LogP contribution is 2.21. The van der Waals surface area contributed by atoms with Crippen molar-refractivity contribution in [2.75, 3.05) is 19.6 Å². The minimum absolute atomic E-state index is 0.202. The Morgan fingerprint density at radius 3 is 2.50 bits per heavy atom. The summed E-state index contributed by atoms with van der Waals surface area (Å²) < 4.78 is 0. The van der Waals surface area contributed by atoms with Crippen LogP contribution in [-0.4, -0.2) is 41.0 Å². The van der Waals surface area contributed by atoms with Gasteiger partial charge in [0.2, 0.25) is 0 Å². The topological polar surface area (TPSA) is 40.5 Å².